The van der Waals surface area contributed by atoms with Crippen molar-refractivity contribution < 1.29 is 0 Å². The highest BCUT2D eigenvalue weighted by atomic mass is 79.9. The summed E-state index contributed by atoms with van der Waals surface area (Å²) in [5, 5.41) is 0. The SMILES string of the molecule is CC(C)(C)C1=CCC(C(C)(C)C2c3cc(Br)ccc3-c3ccc(Br)cc32)=C1. The van der Waals surface area contributed by atoms with Crippen molar-refractivity contribution >= 4 is 31.9 Å². The van der Waals surface area contributed by atoms with Crippen molar-refractivity contribution in [3.8, 4) is 11.1 Å². The fourth-order valence-corrected chi connectivity index (χ4v) is 5.42. The smallest absolute Gasteiger partial charge is 0.0191 e. The lowest BCUT2D eigenvalue weighted by Crippen LogP contribution is -2.24. The summed E-state index contributed by atoms with van der Waals surface area (Å²) in [6.07, 6.45) is 5.95. The summed E-state index contributed by atoms with van der Waals surface area (Å²) in [6, 6.07) is 13.5. The number of rotatable bonds is 2. The van der Waals surface area contributed by atoms with Crippen LogP contribution in [0.25, 0.3) is 11.1 Å². The maximum atomic E-state index is 3.70. The molecule has 0 heterocycles. The number of halogens is 2. The van der Waals surface area contributed by atoms with E-state index in [4.69, 9.17) is 0 Å². The maximum Gasteiger partial charge on any atom is 0.0191 e. The molecule has 140 valence electrons. The van der Waals surface area contributed by atoms with E-state index in [0.29, 0.717) is 5.92 Å². The van der Waals surface area contributed by atoms with Gasteiger partial charge in [0.2, 0.25) is 0 Å². The molecule has 2 aromatic rings. The number of hydrogen-bond donors (Lipinski definition) is 0. The zero-order valence-electron chi connectivity index (χ0n) is 16.7. The van der Waals surface area contributed by atoms with Crippen molar-refractivity contribution in [2.75, 3.05) is 0 Å². The standard InChI is InChI=1S/C25H26Br2/c1-24(2,3)15-6-7-16(12-15)25(4,5)23-21-13-17(26)8-10-19(21)20-11-9-18(27)14-22(20)23/h6,8-14,23H,7H2,1-5H3. The molecule has 2 aliphatic carbocycles. The van der Waals surface area contributed by atoms with E-state index in [0.717, 1.165) is 15.4 Å². The Morgan fingerprint density at radius 3 is 1.78 bits per heavy atom. The topological polar surface area (TPSA) is 0 Å². The molecule has 0 N–H and O–H groups in total. The minimum Gasteiger partial charge on any atom is -0.0767 e. The third-order valence-electron chi connectivity index (χ3n) is 6.23. The highest BCUT2D eigenvalue weighted by Gasteiger charge is 2.42. The normalized spacial score (nSPS) is 16.9. The summed E-state index contributed by atoms with van der Waals surface area (Å²) in [5.41, 5.74) is 8.88. The van der Waals surface area contributed by atoms with Crippen molar-refractivity contribution in [2.24, 2.45) is 10.8 Å². The molecule has 0 aromatic heterocycles. The summed E-state index contributed by atoms with van der Waals surface area (Å²) in [6.45, 7) is 11.8. The molecule has 0 bridgehead atoms. The minimum absolute atomic E-state index is 0.0467. The molecule has 0 fully saturated rings. The second kappa shape index (κ2) is 6.46. The van der Waals surface area contributed by atoms with Gasteiger partial charge in [0.1, 0.15) is 0 Å². The maximum absolute atomic E-state index is 3.70. The third-order valence-corrected chi connectivity index (χ3v) is 7.21. The highest BCUT2D eigenvalue weighted by Crippen LogP contribution is 2.57. The second-order valence-electron chi connectivity index (χ2n) is 9.40. The number of fused-ring (bicyclic) bond motifs is 3. The van der Waals surface area contributed by atoms with Crippen LogP contribution in [0.2, 0.25) is 0 Å². The molecular formula is C25H26Br2. The van der Waals surface area contributed by atoms with Gasteiger partial charge in [0.15, 0.2) is 0 Å². The summed E-state index contributed by atoms with van der Waals surface area (Å²) >= 11 is 7.41. The van der Waals surface area contributed by atoms with Gasteiger partial charge in [-0.25, -0.2) is 0 Å². The molecule has 27 heavy (non-hydrogen) atoms. The van der Waals surface area contributed by atoms with Crippen LogP contribution in [-0.2, 0) is 0 Å². The van der Waals surface area contributed by atoms with Gasteiger partial charge in [-0.2, -0.15) is 0 Å². The average molecular weight is 486 g/mol. The number of benzene rings is 2. The molecule has 0 radical (unpaired) electrons. The highest BCUT2D eigenvalue weighted by molar-refractivity contribution is 9.10. The molecule has 0 amide bonds. The van der Waals surface area contributed by atoms with Crippen LogP contribution in [0, 0.1) is 10.8 Å². The van der Waals surface area contributed by atoms with E-state index >= 15 is 0 Å². The average Bonchev–Trinajstić information content (AvgIpc) is 3.17. The lowest BCUT2D eigenvalue weighted by molar-refractivity contribution is 0.388. The summed E-state index contributed by atoms with van der Waals surface area (Å²) < 4.78 is 2.31. The quantitative estimate of drug-likeness (QED) is 0.399. The third kappa shape index (κ3) is 3.19. The summed E-state index contributed by atoms with van der Waals surface area (Å²) in [4.78, 5) is 0. The van der Waals surface area contributed by atoms with Crippen LogP contribution < -0.4 is 0 Å². The first kappa shape index (κ1) is 19.2. The summed E-state index contributed by atoms with van der Waals surface area (Å²) in [5.74, 6) is 0.358. The van der Waals surface area contributed by atoms with Crippen molar-refractivity contribution in [2.45, 2.75) is 47.0 Å². The van der Waals surface area contributed by atoms with Gasteiger partial charge in [-0.15, -0.1) is 0 Å². The Kier molecular flexibility index (Phi) is 4.59. The Balaban J connectivity index is 1.86. The van der Waals surface area contributed by atoms with Gasteiger partial charge in [0.25, 0.3) is 0 Å². The Hall–Kier alpha value is -1.12. The molecule has 0 saturated heterocycles. The first-order valence-corrected chi connectivity index (χ1v) is 11.2. The minimum atomic E-state index is 0.0467. The van der Waals surface area contributed by atoms with E-state index in [1.54, 1.807) is 0 Å². The van der Waals surface area contributed by atoms with Gasteiger partial charge in [0, 0.05) is 14.9 Å². The van der Waals surface area contributed by atoms with Crippen LogP contribution in [0.5, 0.6) is 0 Å². The first-order valence-electron chi connectivity index (χ1n) is 9.60. The van der Waals surface area contributed by atoms with Gasteiger partial charge in [-0.1, -0.05) is 96.3 Å². The predicted molar refractivity (Wildman–Crippen MR) is 123 cm³/mol. The lowest BCUT2D eigenvalue weighted by atomic mass is 9.68. The zero-order valence-corrected chi connectivity index (χ0v) is 19.8. The van der Waals surface area contributed by atoms with E-state index in [2.05, 4.69) is 115 Å². The molecule has 0 spiro atoms. The molecule has 2 heteroatoms. The van der Waals surface area contributed by atoms with Gasteiger partial charge in [0.05, 0.1) is 0 Å². The monoisotopic (exact) mass is 484 g/mol. The van der Waals surface area contributed by atoms with Crippen molar-refractivity contribution in [1.82, 2.24) is 0 Å². The van der Waals surface area contributed by atoms with E-state index in [-0.39, 0.29) is 10.8 Å². The fraction of sp³-hybridized carbons (Fsp3) is 0.360. The molecule has 4 rings (SSSR count). The van der Waals surface area contributed by atoms with Crippen LogP contribution in [0.15, 0.2) is 68.6 Å². The predicted octanol–water partition coefficient (Wildman–Crippen LogP) is 8.65. The van der Waals surface area contributed by atoms with E-state index in [1.165, 1.54) is 33.4 Å². The van der Waals surface area contributed by atoms with Crippen LogP contribution in [-0.4, -0.2) is 0 Å². The molecular weight excluding hydrogens is 460 g/mol. The Labute approximate surface area is 180 Å². The Morgan fingerprint density at radius 1 is 0.815 bits per heavy atom. The van der Waals surface area contributed by atoms with Crippen molar-refractivity contribution in [3.63, 3.8) is 0 Å². The molecule has 0 unspecified atom stereocenters. The second-order valence-corrected chi connectivity index (χ2v) is 11.2. The van der Waals surface area contributed by atoms with Crippen LogP contribution >= 0.6 is 31.9 Å². The molecule has 0 atom stereocenters. The van der Waals surface area contributed by atoms with Gasteiger partial charge < -0.3 is 0 Å². The zero-order chi connectivity index (χ0) is 19.6. The van der Waals surface area contributed by atoms with Gasteiger partial charge >= 0.3 is 0 Å². The van der Waals surface area contributed by atoms with E-state index < -0.39 is 0 Å². The Morgan fingerprint density at radius 2 is 1.33 bits per heavy atom. The van der Waals surface area contributed by atoms with Crippen molar-refractivity contribution in [3.05, 3.63) is 79.8 Å². The number of hydrogen-bond acceptors (Lipinski definition) is 0. The van der Waals surface area contributed by atoms with Crippen LogP contribution in [0.4, 0.5) is 0 Å². The molecule has 2 aliphatic rings. The molecule has 2 aromatic carbocycles. The molecule has 0 saturated carbocycles. The number of allylic oxidation sites excluding steroid dienone is 4. The largest absolute Gasteiger partial charge is 0.0767 e. The fourth-order valence-electron chi connectivity index (χ4n) is 4.66. The van der Waals surface area contributed by atoms with E-state index in [1.807, 2.05) is 0 Å². The first-order chi connectivity index (χ1) is 12.6. The van der Waals surface area contributed by atoms with Crippen LogP contribution in [0.3, 0.4) is 0 Å². The molecule has 0 nitrogen and oxygen atoms in total. The van der Waals surface area contributed by atoms with E-state index in [9.17, 15) is 0 Å². The molecule has 0 aliphatic heterocycles. The Bertz CT molecular complexity index is 932. The van der Waals surface area contributed by atoms with Crippen molar-refractivity contribution in [1.29, 1.82) is 0 Å². The van der Waals surface area contributed by atoms with Gasteiger partial charge in [-0.05, 0) is 69.3 Å². The lowest BCUT2D eigenvalue weighted by Gasteiger charge is -2.35. The summed E-state index contributed by atoms with van der Waals surface area (Å²) in [7, 11) is 0. The van der Waals surface area contributed by atoms with Crippen LogP contribution in [0.1, 0.15) is 58.1 Å². The van der Waals surface area contributed by atoms with Gasteiger partial charge in [-0.3, -0.25) is 0 Å².